The van der Waals surface area contributed by atoms with Crippen LogP contribution in [0, 0.1) is 5.92 Å². The van der Waals surface area contributed by atoms with E-state index in [0.29, 0.717) is 31.2 Å². The van der Waals surface area contributed by atoms with Gasteiger partial charge in [0, 0.05) is 57.9 Å². The van der Waals surface area contributed by atoms with E-state index in [1.807, 2.05) is 11.0 Å². The van der Waals surface area contributed by atoms with Gasteiger partial charge in [-0.3, -0.25) is 4.79 Å². The largest absolute Gasteiger partial charge is 0.462 e. The maximum atomic E-state index is 13.3. The van der Waals surface area contributed by atoms with Gasteiger partial charge in [0.2, 0.25) is 11.9 Å². The van der Waals surface area contributed by atoms with Crippen LogP contribution >= 0.6 is 0 Å². The van der Waals surface area contributed by atoms with Gasteiger partial charge in [-0.05, 0) is 44.4 Å². The van der Waals surface area contributed by atoms with Crippen LogP contribution < -0.4 is 9.80 Å². The number of carbonyl (C=O) groups excluding carboxylic acids is 2. The van der Waals surface area contributed by atoms with Crippen LogP contribution in [-0.2, 0) is 9.53 Å². The second-order valence-corrected chi connectivity index (χ2v) is 8.13. The molecule has 4 heterocycles. The Labute approximate surface area is 188 Å². The van der Waals surface area contributed by atoms with E-state index < -0.39 is 0 Å². The Balaban J connectivity index is 1.34. The van der Waals surface area contributed by atoms with Crippen LogP contribution in [0.1, 0.15) is 36.5 Å². The first-order valence-electron chi connectivity index (χ1n) is 11.3. The quantitative estimate of drug-likeness (QED) is 0.655. The number of aromatic nitrogens is 3. The van der Waals surface area contributed by atoms with Crippen molar-refractivity contribution in [3.05, 3.63) is 42.4 Å². The molecule has 2 fully saturated rings. The molecular weight excluding hydrogens is 408 g/mol. The van der Waals surface area contributed by atoms with Crippen molar-refractivity contribution in [2.75, 3.05) is 55.7 Å². The van der Waals surface area contributed by atoms with Gasteiger partial charge >= 0.3 is 5.97 Å². The molecule has 2 aromatic heterocycles. The van der Waals surface area contributed by atoms with Crippen molar-refractivity contribution in [3.63, 3.8) is 0 Å². The number of esters is 1. The molecule has 0 spiro atoms. The van der Waals surface area contributed by atoms with Gasteiger partial charge < -0.3 is 19.4 Å². The van der Waals surface area contributed by atoms with Crippen molar-refractivity contribution in [2.24, 2.45) is 5.92 Å². The zero-order valence-corrected chi connectivity index (χ0v) is 18.5. The molecule has 170 valence electrons. The fraction of sp³-hybridized carbons (Fsp3) is 0.522. The van der Waals surface area contributed by atoms with Crippen LogP contribution in [0.2, 0.25) is 0 Å². The van der Waals surface area contributed by atoms with Gasteiger partial charge in [0.15, 0.2) is 0 Å². The summed E-state index contributed by atoms with van der Waals surface area (Å²) in [5.41, 5.74) is 0.450. The molecule has 32 heavy (non-hydrogen) atoms. The number of carbonyl (C=O) groups is 2. The molecule has 0 N–H and O–H groups in total. The lowest BCUT2D eigenvalue weighted by atomic mass is 9.96. The van der Waals surface area contributed by atoms with E-state index in [-0.39, 0.29) is 17.8 Å². The van der Waals surface area contributed by atoms with Crippen molar-refractivity contribution in [3.8, 4) is 0 Å². The van der Waals surface area contributed by atoms with Gasteiger partial charge in [-0.1, -0.05) is 0 Å². The number of ether oxygens (including phenoxy) is 1. The highest BCUT2D eigenvalue weighted by molar-refractivity contribution is 5.89. The SMILES string of the molecule is CCOC(=O)c1ccc(N2CCCN(C(=O)C3CCCN(c4ncccn4)C3)CC2)nc1. The number of rotatable bonds is 5. The van der Waals surface area contributed by atoms with Crippen molar-refractivity contribution in [2.45, 2.75) is 26.2 Å². The fourth-order valence-electron chi connectivity index (χ4n) is 4.35. The summed E-state index contributed by atoms with van der Waals surface area (Å²) < 4.78 is 5.02. The number of anilines is 2. The van der Waals surface area contributed by atoms with Crippen molar-refractivity contribution >= 4 is 23.6 Å². The third-order valence-electron chi connectivity index (χ3n) is 6.00. The lowest BCUT2D eigenvalue weighted by Gasteiger charge is -2.34. The van der Waals surface area contributed by atoms with Gasteiger partial charge in [-0.2, -0.15) is 0 Å². The average molecular weight is 439 g/mol. The molecule has 0 aromatic carbocycles. The monoisotopic (exact) mass is 438 g/mol. The summed E-state index contributed by atoms with van der Waals surface area (Å²) in [6.07, 6.45) is 7.79. The zero-order valence-electron chi connectivity index (χ0n) is 18.5. The highest BCUT2D eigenvalue weighted by Gasteiger charge is 2.31. The van der Waals surface area contributed by atoms with Gasteiger partial charge in [0.05, 0.1) is 18.1 Å². The Morgan fingerprint density at radius 1 is 1.00 bits per heavy atom. The maximum Gasteiger partial charge on any atom is 0.339 e. The Bertz CT molecular complexity index is 908. The lowest BCUT2D eigenvalue weighted by Crippen LogP contribution is -2.46. The Kier molecular flexibility index (Phi) is 7.14. The van der Waals surface area contributed by atoms with Gasteiger partial charge in [-0.25, -0.2) is 19.7 Å². The van der Waals surface area contributed by atoms with Crippen LogP contribution in [0.3, 0.4) is 0 Å². The summed E-state index contributed by atoms with van der Waals surface area (Å²) in [6.45, 7) is 6.62. The Hall–Kier alpha value is -3.23. The summed E-state index contributed by atoms with van der Waals surface area (Å²) in [6, 6.07) is 5.40. The van der Waals surface area contributed by atoms with E-state index in [9.17, 15) is 9.59 Å². The second kappa shape index (κ2) is 10.4. The molecule has 0 radical (unpaired) electrons. The van der Waals surface area contributed by atoms with E-state index in [1.165, 1.54) is 0 Å². The zero-order chi connectivity index (χ0) is 22.3. The van der Waals surface area contributed by atoms with E-state index in [1.54, 1.807) is 37.6 Å². The minimum absolute atomic E-state index is 0.0268. The summed E-state index contributed by atoms with van der Waals surface area (Å²) in [5, 5.41) is 0. The van der Waals surface area contributed by atoms with E-state index in [0.717, 1.165) is 51.3 Å². The third kappa shape index (κ3) is 5.15. The number of piperidine rings is 1. The van der Waals surface area contributed by atoms with Crippen molar-refractivity contribution < 1.29 is 14.3 Å². The van der Waals surface area contributed by atoms with Crippen molar-refractivity contribution in [1.82, 2.24) is 19.9 Å². The molecule has 9 heteroatoms. The molecule has 2 aliphatic heterocycles. The van der Waals surface area contributed by atoms with E-state index >= 15 is 0 Å². The first kappa shape index (κ1) is 22.0. The minimum Gasteiger partial charge on any atom is -0.462 e. The van der Waals surface area contributed by atoms with Crippen LogP contribution in [0.25, 0.3) is 0 Å². The molecule has 2 aliphatic rings. The van der Waals surface area contributed by atoms with E-state index in [4.69, 9.17) is 4.74 Å². The number of pyridine rings is 1. The predicted octanol–water partition coefficient (Wildman–Crippen LogP) is 2.00. The molecule has 9 nitrogen and oxygen atoms in total. The van der Waals surface area contributed by atoms with Crippen LogP contribution in [-0.4, -0.2) is 77.6 Å². The van der Waals surface area contributed by atoms with Crippen LogP contribution in [0.5, 0.6) is 0 Å². The number of nitrogens with zero attached hydrogens (tertiary/aromatic N) is 6. The molecule has 2 saturated heterocycles. The molecule has 1 unspecified atom stereocenters. The van der Waals surface area contributed by atoms with Gasteiger partial charge in [-0.15, -0.1) is 0 Å². The summed E-state index contributed by atoms with van der Waals surface area (Å²) in [7, 11) is 0. The normalized spacial score (nSPS) is 19.4. The molecular formula is C23H30N6O3. The molecule has 1 atom stereocenters. The third-order valence-corrected chi connectivity index (χ3v) is 6.00. The number of hydrogen-bond donors (Lipinski definition) is 0. The fourth-order valence-corrected chi connectivity index (χ4v) is 4.35. The Morgan fingerprint density at radius 3 is 2.56 bits per heavy atom. The highest BCUT2D eigenvalue weighted by atomic mass is 16.5. The molecule has 4 rings (SSSR count). The first-order valence-corrected chi connectivity index (χ1v) is 11.3. The topological polar surface area (TPSA) is 91.8 Å². The first-order chi connectivity index (χ1) is 15.7. The predicted molar refractivity (Wildman–Crippen MR) is 121 cm³/mol. The molecule has 0 aliphatic carbocycles. The van der Waals surface area contributed by atoms with Crippen LogP contribution in [0.4, 0.5) is 11.8 Å². The molecule has 2 aromatic rings. The molecule has 0 bridgehead atoms. The van der Waals surface area contributed by atoms with Crippen molar-refractivity contribution in [1.29, 1.82) is 0 Å². The smallest absolute Gasteiger partial charge is 0.339 e. The summed E-state index contributed by atoms with van der Waals surface area (Å²) in [4.78, 5) is 44.5. The Morgan fingerprint density at radius 2 is 1.81 bits per heavy atom. The van der Waals surface area contributed by atoms with Crippen LogP contribution in [0.15, 0.2) is 36.8 Å². The maximum absolute atomic E-state index is 13.3. The minimum atomic E-state index is -0.360. The number of amides is 1. The molecule has 1 amide bonds. The highest BCUT2D eigenvalue weighted by Crippen LogP contribution is 2.23. The summed E-state index contributed by atoms with van der Waals surface area (Å²) >= 11 is 0. The lowest BCUT2D eigenvalue weighted by molar-refractivity contribution is -0.135. The summed E-state index contributed by atoms with van der Waals surface area (Å²) in [5.74, 6) is 1.35. The number of hydrogen-bond acceptors (Lipinski definition) is 8. The van der Waals surface area contributed by atoms with Gasteiger partial charge in [0.25, 0.3) is 0 Å². The second-order valence-electron chi connectivity index (χ2n) is 8.13. The standard InChI is InChI=1S/C23H30N6O3/c1-2-32-22(31)18-7-8-20(26-16-18)27-12-5-13-28(15-14-27)21(30)19-6-3-11-29(17-19)23-24-9-4-10-25-23/h4,7-10,16,19H,2-3,5-6,11-15,17H2,1H3. The van der Waals surface area contributed by atoms with E-state index in [2.05, 4.69) is 24.8 Å². The van der Waals surface area contributed by atoms with Gasteiger partial charge in [0.1, 0.15) is 5.82 Å². The molecule has 0 saturated carbocycles. The average Bonchev–Trinajstić information content (AvgIpc) is 3.11.